The Bertz CT molecular complexity index is 1200. The largest absolute Gasteiger partial charge is 0.375 e. The van der Waals surface area contributed by atoms with Crippen molar-refractivity contribution in [1.29, 1.82) is 0 Å². The highest BCUT2D eigenvalue weighted by Gasteiger charge is 2.38. The highest BCUT2D eigenvalue weighted by molar-refractivity contribution is 5.96. The van der Waals surface area contributed by atoms with Crippen LogP contribution in [0.2, 0.25) is 0 Å². The number of nitrogens with one attached hydrogen (secondary N) is 4. The van der Waals surface area contributed by atoms with E-state index in [-0.39, 0.29) is 37.7 Å². The van der Waals surface area contributed by atoms with Crippen molar-refractivity contribution in [2.45, 2.75) is 160 Å². The molecule has 55 heavy (non-hydrogen) atoms. The average molecular weight is 779 g/mol. The van der Waals surface area contributed by atoms with E-state index in [1.165, 1.54) is 4.90 Å². The van der Waals surface area contributed by atoms with Crippen molar-refractivity contribution in [3.63, 3.8) is 0 Å². The van der Waals surface area contributed by atoms with Gasteiger partial charge in [-0.15, -0.1) is 0 Å². The first-order valence-electron chi connectivity index (χ1n) is 21.3. The van der Waals surface area contributed by atoms with Crippen molar-refractivity contribution < 1.29 is 33.4 Å². The number of nitrogens with two attached hydrogens (primary N) is 2. The molecule has 0 unspecified atom stereocenters. The number of unbranched alkanes of at least 4 members (excludes halogenated alkanes) is 3. The van der Waals surface area contributed by atoms with Gasteiger partial charge in [-0.1, -0.05) is 78.6 Å². The summed E-state index contributed by atoms with van der Waals surface area (Å²) in [5.74, 6) is -2.96. The number of likely N-dealkylation sites (tertiary alicyclic amines) is 1. The summed E-state index contributed by atoms with van der Waals surface area (Å²) in [5, 5.41) is 11.6. The molecule has 2 saturated heterocycles. The van der Waals surface area contributed by atoms with Crippen LogP contribution in [0.5, 0.6) is 0 Å². The predicted molar refractivity (Wildman–Crippen MR) is 213 cm³/mol. The van der Waals surface area contributed by atoms with E-state index < -0.39 is 65.9 Å². The molecule has 0 aromatic heterocycles. The van der Waals surface area contributed by atoms with E-state index in [9.17, 15) is 24.0 Å². The number of carbonyl (C=O) groups excluding carboxylic acids is 5. The Labute approximate surface area is 329 Å². The fourth-order valence-electron chi connectivity index (χ4n) is 8.10. The minimum absolute atomic E-state index is 0.0883. The number of ether oxygens (including phenoxy) is 2. The molecule has 1 aliphatic carbocycles. The third kappa shape index (κ3) is 14.9. The molecular weight excluding hydrogens is 704 g/mol. The summed E-state index contributed by atoms with van der Waals surface area (Å²) < 4.78 is 12.6. The van der Waals surface area contributed by atoms with Crippen LogP contribution in [-0.2, 0) is 33.4 Å². The summed E-state index contributed by atoms with van der Waals surface area (Å²) in [6.45, 7) is 10.4. The van der Waals surface area contributed by atoms with Gasteiger partial charge in [0.05, 0.1) is 31.3 Å². The van der Waals surface area contributed by atoms with Crippen LogP contribution in [0.3, 0.4) is 0 Å². The minimum atomic E-state index is -1.17. The third-order valence-electron chi connectivity index (χ3n) is 11.5. The minimum Gasteiger partial charge on any atom is -0.375 e. The molecule has 0 bridgehead atoms. The Balaban J connectivity index is 1.97. The van der Waals surface area contributed by atoms with Gasteiger partial charge in [0.15, 0.2) is 0 Å². The molecule has 0 spiro atoms. The van der Waals surface area contributed by atoms with E-state index in [2.05, 4.69) is 33.1 Å². The normalized spacial score (nSPS) is 30.7. The van der Waals surface area contributed by atoms with Gasteiger partial charge in [0.25, 0.3) is 0 Å². The van der Waals surface area contributed by atoms with Crippen molar-refractivity contribution in [2.75, 3.05) is 53.0 Å². The van der Waals surface area contributed by atoms with Gasteiger partial charge in [-0.3, -0.25) is 28.9 Å². The smallest absolute Gasteiger partial charge is 0.245 e. The highest BCUT2D eigenvalue weighted by atomic mass is 16.5. The van der Waals surface area contributed by atoms with E-state index in [1.54, 1.807) is 7.05 Å². The van der Waals surface area contributed by atoms with Crippen molar-refractivity contribution >= 4 is 29.5 Å². The molecule has 15 nitrogen and oxygen atoms in total. The van der Waals surface area contributed by atoms with Crippen LogP contribution < -0.4 is 32.7 Å². The molecule has 3 aliphatic rings. The summed E-state index contributed by atoms with van der Waals surface area (Å²) in [7, 11) is 1.65. The molecule has 2 aliphatic heterocycles. The van der Waals surface area contributed by atoms with Crippen molar-refractivity contribution in [3.05, 3.63) is 0 Å². The standard InChI is InChI=1S/C40H74N8O7/c1-6-8-9-14-18-34-28(4)40(53)47(5)33(15-7-2)38(51)46-35(29-16-12-10-11-13-17-29)39(52)44-31(23-42)36(49)45-32(37(50)43-27(3)25-55-34)26-54-30-19-21-48(24-30)22-20-41/h27-35H,6-26,41-42H2,1-5H3,(H,43,50)(H,44,52)(H,45,49)(H,46,51)/t27-,28-,30+,31+,32+,33+,34-,35+/m1/s1. The van der Waals surface area contributed by atoms with Crippen molar-refractivity contribution in [2.24, 2.45) is 23.3 Å². The second-order valence-corrected chi connectivity index (χ2v) is 16.1. The first-order valence-corrected chi connectivity index (χ1v) is 21.3. The first-order chi connectivity index (χ1) is 26.4. The van der Waals surface area contributed by atoms with E-state index >= 15 is 0 Å². The summed E-state index contributed by atoms with van der Waals surface area (Å²) >= 11 is 0. The number of carbonyl (C=O) groups is 5. The van der Waals surface area contributed by atoms with E-state index in [1.807, 2.05) is 20.8 Å². The van der Waals surface area contributed by atoms with Crippen LogP contribution in [0.1, 0.15) is 118 Å². The number of likely N-dealkylation sites (N-methyl/N-ethyl adjacent to an activating group) is 1. The summed E-state index contributed by atoms with van der Waals surface area (Å²) in [4.78, 5) is 73.9. The van der Waals surface area contributed by atoms with Gasteiger partial charge in [-0.05, 0) is 44.9 Å². The van der Waals surface area contributed by atoms with Crippen molar-refractivity contribution in [1.82, 2.24) is 31.1 Å². The lowest BCUT2D eigenvalue weighted by Gasteiger charge is -2.34. The Morgan fingerprint density at radius 2 is 1.47 bits per heavy atom. The lowest BCUT2D eigenvalue weighted by atomic mass is 9.90. The topological polar surface area (TPSA) is 210 Å². The summed E-state index contributed by atoms with van der Waals surface area (Å²) in [5.41, 5.74) is 11.8. The molecule has 15 heteroatoms. The van der Waals surface area contributed by atoms with Crippen LogP contribution in [0.25, 0.3) is 0 Å². The second kappa shape index (κ2) is 24.7. The first kappa shape index (κ1) is 46.5. The molecule has 3 fully saturated rings. The van der Waals surface area contributed by atoms with Gasteiger partial charge in [0.2, 0.25) is 29.5 Å². The Morgan fingerprint density at radius 1 is 0.782 bits per heavy atom. The molecule has 2 heterocycles. The zero-order valence-corrected chi connectivity index (χ0v) is 34.5. The lowest BCUT2D eigenvalue weighted by Crippen LogP contribution is -2.62. The number of nitrogens with zero attached hydrogens (tertiary/aromatic N) is 2. The summed E-state index contributed by atoms with van der Waals surface area (Å²) in [6, 6.07) is -4.47. The monoisotopic (exact) mass is 779 g/mol. The molecular formula is C40H74N8O7. The maximum absolute atomic E-state index is 14.2. The van der Waals surface area contributed by atoms with Gasteiger partial charge in [-0.2, -0.15) is 0 Å². The van der Waals surface area contributed by atoms with Crippen LogP contribution >= 0.6 is 0 Å². The molecule has 316 valence electrons. The van der Waals surface area contributed by atoms with Gasteiger partial charge < -0.3 is 47.1 Å². The molecule has 3 rings (SSSR count). The zero-order chi connectivity index (χ0) is 40.3. The average Bonchev–Trinajstić information content (AvgIpc) is 3.44. The van der Waals surface area contributed by atoms with Gasteiger partial charge in [-0.25, -0.2) is 0 Å². The van der Waals surface area contributed by atoms with Gasteiger partial charge in [0.1, 0.15) is 24.2 Å². The SMILES string of the molecule is CCCCCC[C@H]1OC[C@@H](C)NC(=O)[C@H](CO[C@H]2CCN(CCN)C2)NC(=O)[C@H](CN)NC(=O)[C@H](C2CCCCCC2)NC(=O)[C@H](CCC)N(C)C(=O)[C@@H]1C. The molecule has 0 radical (unpaired) electrons. The molecule has 1 saturated carbocycles. The number of hydrogen-bond donors (Lipinski definition) is 6. The Hall–Kier alpha value is -2.85. The lowest BCUT2D eigenvalue weighted by molar-refractivity contribution is -0.147. The fourth-order valence-corrected chi connectivity index (χ4v) is 8.10. The fraction of sp³-hybridized carbons (Fsp3) is 0.875. The van der Waals surface area contributed by atoms with Gasteiger partial charge in [0, 0.05) is 45.8 Å². The predicted octanol–water partition coefficient (Wildman–Crippen LogP) is 1.56. The second-order valence-electron chi connectivity index (χ2n) is 16.1. The molecule has 0 aromatic carbocycles. The molecule has 0 aromatic rings. The number of hydrogen-bond acceptors (Lipinski definition) is 10. The maximum atomic E-state index is 14.2. The van der Waals surface area contributed by atoms with Crippen LogP contribution in [0.4, 0.5) is 0 Å². The number of amides is 5. The molecule has 8 atom stereocenters. The van der Waals surface area contributed by atoms with E-state index in [4.69, 9.17) is 20.9 Å². The van der Waals surface area contributed by atoms with Gasteiger partial charge >= 0.3 is 0 Å². The quantitative estimate of drug-likeness (QED) is 0.111. The highest BCUT2D eigenvalue weighted by Crippen LogP contribution is 2.27. The maximum Gasteiger partial charge on any atom is 0.245 e. The van der Waals surface area contributed by atoms with E-state index in [0.717, 1.165) is 83.7 Å². The molecule has 8 N–H and O–H groups in total. The van der Waals surface area contributed by atoms with Crippen LogP contribution in [-0.4, -0.2) is 135 Å². The third-order valence-corrected chi connectivity index (χ3v) is 11.5. The van der Waals surface area contributed by atoms with Crippen LogP contribution in [0, 0.1) is 11.8 Å². The Morgan fingerprint density at radius 3 is 2.13 bits per heavy atom. The molecule has 5 amide bonds. The Kier molecular flexibility index (Phi) is 20.9. The number of rotatable bonds is 14. The van der Waals surface area contributed by atoms with Crippen LogP contribution in [0.15, 0.2) is 0 Å². The summed E-state index contributed by atoms with van der Waals surface area (Å²) in [6.07, 6.45) is 11.3. The zero-order valence-electron chi connectivity index (χ0n) is 34.5. The van der Waals surface area contributed by atoms with E-state index in [0.29, 0.717) is 32.4 Å². The van der Waals surface area contributed by atoms with Crippen molar-refractivity contribution in [3.8, 4) is 0 Å².